The molecule has 3 heterocycles. The van der Waals surface area contributed by atoms with E-state index in [-0.39, 0.29) is 0 Å². The van der Waals surface area contributed by atoms with E-state index in [1.807, 2.05) is 30.3 Å². The summed E-state index contributed by atoms with van der Waals surface area (Å²) in [4.78, 5) is 17.8. The van der Waals surface area contributed by atoms with Crippen LogP contribution in [0, 0.1) is 11.8 Å². The second-order valence-electron chi connectivity index (χ2n) is 10.5. The van der Waals surface area contributed by atoms with Crippen molar-refractivity contribution in [2.24, 2.45) is 11.8 Å². The van der Waals surface area contributed by atoms with Gasteiger partial charge in [0.25, 0.3) is 0 Å². The number of hydrogen-bond acceptors (Lipinski definition) is 4. The Balaban J connectivity index is 1.15. The maximum Gasteiger partial charge on any atom is 0.137 e. The summed E-state index contributed by atoms with van der Waals surface area (Å²) in [5, 5.41) is 5.95. The Hall–Kier alpha value is -1.69. The van der Waals surface area contributed by atoms with E-state index in [9.17, 15) is 4.79 Å². The fraction of sp³-hybridized carbons (Fsp3) is 0.433. The van der Waals surface area contributed by atoms with E-state index in [1.165, 1.54) is 5.56 Å². The minimum absolute atomic E-state index is 0.379. The summed E-state index contributed by atoms with van der Waals surface area (Å²) in [5.74, 6) is 2.05. The first-order valence-electron chi connectivity index (χ1n) is 13.0. The number of likely N-dealkylation sites (tertiary alicyclic amines) is 2. The SMILES string of the molecule is O=C(Cc1ccccc1)CC1CCN(C[C@H]2CN(Cc3ccc(Cl)cc3Cl)C[C@@H]2c2ccsc2)CC1. The van der Waals surface area contributed by atoms with Crippen molar-refractivity contribution in [3.63, 3.8) is 0 Å². The number of rotatable bonds is 9. The zero-order valence-corrected chi connectivity index (χ0v) is 22.9. The standard InChI is InChI=1S/C30H34Cl2N2OS/c31-27-7-6-24(30(32)16-27)17-34-19-26(29(20-34)25-10-13-36-21-25)18-33-11-8-23(9-12-33)15-28(35)14-22-4-2-1-3-5-22/h1-7,10,13,16,21,23,26,29H,8-9,11-12,14-15,17-20H2/t26-,29+/m0/s1. The lowest BCUT2D eigenvalue weighted by Gasteiger charge is -2.34. The maximum atomic E-state index is 12.6. The Morgan fingerprint density at radius 2 is 1.78 bits per heavy atom. The predicted molar refractivity (Wildman–Crippen MR) is 151 cm³/mol. The molecule has 0 amide bonds. The minimum Gasteiger partial charge on any atom is -0.303 e. The summed E-state index contributed by atoms with van der Waals surface area (Å²) in [5.41, 5.74) is 3.74. The smallest absolute Gasteiger partial charge is 0.137 e. The molecule has 190 valence electrons. The van der Waals surface area contributed by atoms with Gasteiger partial charge in [0.05, 0.1) is 0 Å². The summed E-state index contributed by atoms with van der Waals surface area (Å²) in [6.07, 6.45) is 3.54. The van der Waals surface area contributed by atoms with E-state index in [0.717, 1.165) is 74.7 Å². The Bertz CT molecular complexity index is 1130. The average molecular weight is 542 g/mol. The van der Waals surface area contributed by atoms with Crippen molar-refractivity contribution in [1.29, 1.82) is 0 Å². The number of thiophene rings is 1. The van der Waals surface area contributed by atoms with Crippen LogP contribution in [0.1, 0.15) is 41.9 Å². The number of piperidine rings is 1. The van der Waals surface area contributed by atoms with Crippen molar-refractivity contribution in [2.45, 2.75) is 38.1 Å². The highest BCUT2D eigenvalue weighted by Gasteiger charge is 2.36. The molecular formula is C30H34Cl2N2OS. The summed E-state index contributed by atoms with van der Waals surface area (Å²) < 4.78 is 0. The van der Waals surface area contributed by atoms with Gasteiger partial charge in [-0.15, -0.1) is 0 Å². The third kappa shape index (κ3) is 6.79. The molecule has 0 bridgehead atoms. The van der Waals surface area contributed by atoms with Gasteiger partial charge in [-0.3, -0.25) is 9.69 Å². The monoisotopic (exact) mass is 540 g/mol. The Morgan fingerprint density at radius 1 is 0.972 bits per heavy atom. The maximum absolute atomic E-state index is 12.6. The summed E-state index contributed by atoms with van der Waals surface area (Å²) in [7, 11) is 0. The quantitative estimate of drug-likeness (QED) is 0.287. The predicted octanol–water partition coefficient (Wildman–Crippen LogP) is 7.18. The van der Waals surface area contributed by atoms with E-state index in [4.69, 9.17) is 23.2 Å². The summed E-state index contributed by atoms with van der Waals surface area (Å²) in [6.45, 7) is 6.31. The van der Waals surface area contributed by atoms with Crippen LogP contribution in [0.2, 0.25) is 10.0 Å². The van der Waals surface area contributed by atoms with Crippen LogP contribution in [0.3, 0.4) is 0 Å². The molecule has 0 radical (unpaired) electrons. The number of ketones is 1. The van der Waals surface area contributed by atoms with E-state index in [1.54, 1.807) is 11.3 Å². The highest BCUT2D eigenvalue weighted by atomic mass is 35.5. The second kappa shape index (κ2) is 12.2. The molecule has 1 aromatic heterocycles. The fourth-order valence-electron chi connectivity index (χ4n) is 5.95. The molecule has 36 heavy (non-hydrogen) atoms. The normalized spacial score (nSPS) is 21.7. The average Bonchev–Trinajstić information content (AvgIpc) is 3.53. The van der Waals surface area contributed by atoms with E-state index in [0.29, 0.717) is 35.0 Å². The van der Waals surface area contributed by atoms with Gasteiger partial charge in [-0.2, -0.15) is 11.3 Å². The second-order valence-corrected chi connectivity index (χ2v) is 12.1. The molecule has 2 saturated heterocycles. The van der Waals surface area contributed by atoms with Gasteiger partial charge < -0.3 is 4.90 Å². The van der Waals surface area contributed by atoms with Gasteiger partial charge in [0.1, 0.15) is 5.78 Å². The van der Waals surface area contributed by atoms with Crippen LogP contribution in [-0.4, -0.2) is 48.3 Å². The van der Waals surface area contributed by atoms with Gasteiger partial charge in [0, 0.05) is 55.0 Å². The summed E-state index contributed by atoms with van der Waals surface area (Å²) >= 11 is 14.4. The molecule has 0 spiro atoms. The molecule has 3 nitrogen and oxygen atoms in total. The molecule has 2 aliphatic rings. The number of carbonyl (C=O) groups excluding carboxylic acids is 1. The first kappa shape index (κ1) is 25.9. The van der Waals surface area contributed by atoms with Gasteiger partial charge in [0.15, 0.2) is 0 Å². The van der Waals surface area contributed by atoms with Crippen LogP contribution in [0.25, 0.3) is 0 Å². The Labute approximate surface area is 229 Å². The lowest BCUT2D eigenvalue weighted by Crippen LogP contribution is -2.39. The zero-order chi connectivity index (χ0) is 24.9. The van der Waals surface area contributed by atoms with Crippen molar-refractivity contribution in [3.05, 3.63) is 92.1 Å². The lowest BCUT2D eigenvalue weighted by atomic mass is 9.87. The number of hydrogen-bond donors (Lipinski definition) is 0. The van der Waals surface area contributed by atoms with Crippen LogP contribution in [0.15, 0.2) is 65.4 Å². The number of carbonyl (C=O) groups is 1. The van der Waals surface area contributed by atoms with Crippen LogP contribution < -0.4 is 0 Å². The molecule has 0 saturated carbocycles. The van der Waals surface area contributed by atoms with Crippen molar-refractivity contribution < 1.29 is 4.79 Å². The molecule has 2 atom stereocenters. The number of benzene rings is 2. The fourth-order valence-corrected chi connectivity index (χ4v) is 7.14. The number of Topliss-reactive ketones (excluding diaryl/α,β-unsaturated/α-hetero) is 1. The molecule has 2 aliphatic heterocycles. The largest absolute Gasteiger partial charge is 0.303 e. The van der Waals surface area contributed by atoms with Gasteiger partial charge in [-0.05, 0) is 83.4 Å². The summed E-state index contributed by atoms with van der Waals surface area (Å²) in [6, 6.07) is 18.3. The highest BCUT2D eigenvalue weighted by Crippen LogP contribution is 2.36. The number of halogens is 2. The van der Waals surface area contributed by atoms with E-state index >= 15 is 0 Å². The Kier molecular flexibility index (Phi) is 8.82. The van der Waals surface area contributed by atoms with Gasteiger partial charge in [-0.25, -0.2) is 0 Å². The first-order chi connectivity index (χ1) is 17.5. The van der Waals surface area contributed by atoms with Crippen LogP contribution in [0.5, 0.6) is 0 Å². The van der Waals surface area contributed by atoms with Crippen molar-refractivity contribution in [2.75, 3.05) is 32.7 Å². The van der Waals surface area contributed by atoms with Crippen LogP contribution in [-0.2, 0) is 17.8 Å². The first-order valence-corrected chi connectivity index (χ1v) is 14.7. The highest BCUT2D eigenvalue weighted by molar-refractivity contribution is 7.08. The molecular weight excluding hydrogens is 507 g/mol. The third-order valence-electron chi connectivity index (χ3n) is 7.86. The molecule has 0 aliphatic carbocycles. The molecule has 3 aromatic rings. The van der Waals surface area contributed by atoms with Gasteiger partial charge >= 0.3 is 0 Å². The van der Waals surface area contributed by atoms with Crippen LogP contribution >= 0.6 is 34.5 Å². The molecule has 2 fully saturated rings. The topological polar surface area (TPSA) is 23.6 Å². The third-order valence-corrected chi connectivity index (χ3v) is 9.15. The minimum atomic E-state index is 0.379. The van der Waals surface area contributed by atoms with E-state index in [2.05, 4.69) is 44.8 Å². The lowest BCUT2D eigenvalue weighted by molar-refractivity contribution is -0.119. The van der Waals surface area contributed by atoms with Crippen LogP contribution in [0.4, 0.5) is 0 Å². The van der Waals surface area contributed by atoms with Gasteiger partial charge in [0.2, 0.25) is 0 Å². The zero-order valence-electron chi connectivity index (χ0n) is 20.6. The van der Waals surface area contributed by atoms with Crippen molar-refractivity contribution >= 4 is 40.3 Å². The van der Waals surface area contributed by atoms with Crippen molar-refractivity contribution in [1.82, 2.24) is 9.80 Å². The molecule has 0 unspecified atom stereocenters. The van der Waals surface area contributed by atoms with E-state index < -0.39 is 0 Å². The molecule has 6 heteroatoms. The molecule has 2 aromatic carbocycles. The number of nitrogens with zero attached hydrogens (tertiary/aromatic N) is 2. The van der Waals surface area contributed by atoms with Crippen molar-refractivity contribution in [3.8, 4) is 0 Å². The Morgan fingerprint density at radius 3 is 2.50 bits per heavy atom. The van der Waals surface area contributed by atoms with Gasteiger partial charge in [-0.1, -0.05) is 59.6 Å². The molecule has 5 rings (SSSR count). The molecule has 0 N–H and O–H groups in total.